The zero-order valence-corrected chi connectivity index (χ0v) is 14.7. The van der Waals surface area contributed by atoms with Crippen LogP contribution in [0.5, 0.6) is 5.75 Å². The molecule has 0 spiro atoms. The molecule has 0 unspecified atom stereocenters. The standard InChI is InChI=1S/C19H17N3O2S/c1-13-17(25-19(21-13)15-6-4-3-5-7-15)18(23)22-20-12-14-8-10-16(24-2)11-9-14/h3-12H,1-2H3,(H,22,23)/b20-12+. The smallest absolute Gasteiger partial charge is 0.283 e. The number of amides is 1. The van der Waals surface area contributed by atoms with Gasteiger partial charge in [0.05, 0.1) is 19.0 Å². The van der Waals surface area contributed by atoms with Crippen LogP contribution in [-0.2, 0) is 0 Å². The molecule has 0 aliphatic carbocycles. The number of benzene rings is 2. The first kappa shape index (κ1) is 16.9. The predicted molar refractivity (Wildman–Crippen MR) is 100 cm³/mol. The normalized spacial score (nSPS) is 10.8. The van der Waals surface area contributed by atoms with E-state index in [1.165, 1.54) is 11.3 Å². The Morgan fingerprint density at radius 2 is 1.88 bits per heavy atom. The highest BCUT2D eigenvalue weighted by atomic mass is 32.1. The van der Waals surface area contributed by atoms with Gasteiger partial charge in [-0.05, 0) is 36.8 Å². The molecule has 1 aromatic heterocycles. The van der Waals surface area contributed by atoms with Crippen LogP contribution in [0.15, 0.2) is 59.7 Å². The third-order valence-electron chi connectivity index (χ3n) is 3.52. The van der Waals surface area contributed by atoms with Gasteiger partial charge in [-0.3, -0.25) is 4.79 Å². The molecule has 5 nitrogen and oxygen atoms in total. The van der Waals surface area contributed by atoms with Crippen LogP contribution in [0, 0.1) is 6.92 Å². The van der Waals surface area contributed by atoms with Gasteiger partial charge in [-0.15, -0.1) is 11.3 Å². The molecular weight excluding hydrogens is 334 g/mol. The first-order valence-corrected chi connectivity index (χ1v) is 8.49. The van der Waals surface area contributed by atoms with Gasteiger partial charge in [-0.2, -0.15) is 5.10 Å². The van der Waals surface area contributed by atoms with Gasteiger partial charge in [0.15, 0.2) is 0 Å². The lowest BCUT2D eigenvalue weighted by Crippen LogP contribution is -2.17. The summed E-state index contributed by atoms with van der Waals surface area (Å²) in [6, 6.07) is 17.2. The molecule has 0 radical (unpaired) electrons. The fourth-order valence-corrected chi connectivity index (χ4v) is 3.18. The van der Waals surface area contributed by atoms with Crippen molar-refractivity contribution in [2.24, 2.45) is 5.10 Å². The van der Waals surface area contributed by atoms with E-state index in [2.05, 4.69) is 15.5 Å². The van der Waals surface area contributed by atoms with Gasteiger partial charge in [0.2, 0.25) is 0 Å². The summed E-state index contributed by atoms with van der Waals surface area (Å²) in [4.78, 5) is 17.4. The maximum Gasteiger partial charge on any atom is 0.283 e. The van der Waals surface area contributed by atoms with Crippen molar-refractivity contribution in [3.63, 3.8) is 0 Å². The lowest BCUT2D eigenvalue weighted by Gasteiger charge is -1.99. The number of nitrogens with one attached hydrogen (secondary N) is 1. The number of thiazole rings is 1. The number of hydrogen-bond donors (Lipinski definition) is 1. The highest BCUT2D eigenvalue weighted by Crippen LogP contribution is 2.27. The van der Waals surface area contributed by atoms with Crippen molar-refractivity contribution in [2.45, 2.75) is 6.92 Å². The van der Waals surface area contributed by atoms with Crippen LogP contribution < -0.4 is 10.2 Å². The van der Waals surface area contributed by atoms with Gasteiger partial charge in [-0.25, -0.2) is 10.4 Å². The van der Waals surface area contributed by atoms with Gasteiger partial charge in [0, 0.05) is 5.56 Å². The third-order valence-corrected chi connectivity index (χ3v) is 4.72. The first-order valence-electron chi connectivity index (χ1n) is 7.67. The molecule has 1 amide bonds. The summed E-state index contributed by atoms with van der Waals surface area (Å²) in [6.07, 6.45) is 1.59. The Morgan fingerprint density at radius 3 is 2.56 bits per heavy atom. The van der Waals surface area contributed by atoms with E-state index in [0.29, 0.717) is 10.6 Å². The van der Waals surface area contributed by atoms with Crippen molar-refractivity contribution in [2.75, 3.05) is 7.11 Å². The minimum absolute atomic E-state index is 0.262. The summed E-state index contributed by atoms with van der Waals surface area (Å²) in [7, 11) is 1.62. The molecule has 6 heteroatoms. The molecule has 0 saturated carbocycles. The molecule has 0 saturated heterocycles. The second-order valence-electron chi connectivity index (χ2n) is 5.27. The minimum atomic E-state index is -0.262. The minimum Gasteiger partial charge on any atom is -0.497 e. The number of rotatable bonds is 5. The molecule has 25 heavy (non-hydrogen) atoms. The van der Waals surface area contributed by atoms with Crippen LogP contribution in [0.3, 0.4) is 0 Å². The quantitative estimate of drug-likeness (QED) is 0.560. The van der Waals surface area contributed by atoms with E-state index in [1.807, 2.05) is 61.5 Å². The Balaban J connectivity index is 1.69. The Morgan fingerprint density at radius 1 is 1.16 bits per heavy atom. The molecule has 3 aromatic rings. The van der Waals surface area contributed by atoms with Crippen molar-refractivity contribution in [1.29, 1.82) is 0 Å². The molecule has 0 fully saturated rings. The molecule has 2 aromatic carbocycles. The summed E-state index contributed by atoms with van der Waals surface area (Å²) < 4.78 is 5.10. The molecule has 0 aliphatic rings. The van der Waals surface area contributed by atoms with Gasteiger partial charge in [0.25, 0.3) is 5.91 Å². The van der Waals surface area contributed by atoms with E-state index in [9.17, 15) is 4.79 Å². The van der Waals surface area contributed by atoms with Crippen molar-refractivity contribution >= 4 is 23.5 Å². The van der Waals surface area contributed by atoms with Crippen molar-refractivity contribution in [3.8, 4) is 16.3 Å². The lowest BCUT2D eigenvalue weighted by molar-refractivity contribution is 0.0958. The summed E-state index contributed by atoms with van der Waals surface area (Å²) in [5, 5.41) is 4.83. The van der Waals surface area contributed by atoms with Crippen LogP contribution in [0.2, 0.25) is 0 Å². The number of aromatic nitrogens is 1. The number of aryl methyl sites for hydroxylation is 1. The van der Waals surface area contributed by atoms with E-state index in [4.69, 9.17) is 4.74 Å². The number of ether oxygens (including phenoxy) is 1. The second-order valence-corrected chi connectivity index (χ2v) is 6.27. The predicted octanol–water partition coefficient (Wildman–Crippen LogP) is 3.89. The van der Waals surface area contributed by atoms with E-state index in [1.54, 1.807) is 13.3 Å². The summed E-state index contributed by atoms with van der Waals surface area (Å²) >= 11 is 1.36. The Bertz CT molecular complexity index is 887. The molecule has 3 rings (SSSR count). The van der Waals surface area contributed by atoms with Crippen molar-refractivity contribution in [1.82, 2.24) is 10.4 Å². The summed E-state index contributed by atoms with van der Waals surface area (Å²) in [6.45, 7) is 1.82. The lowest BCUT2D eigenvalue weighted by atomic mass is 10.2. The van der Waals surface area contributed by atoms with Crippen LogP contribution in [0.25, 0.3) is 10.6 Å². The number of carbonyl (C=O) groups is 1. The zero-order chi connectivity index (χ0) is 17.6. The van der Waals surface area contributed by atoms with E-state index in [0.717, 1.165) is 21.9 Å². The van der Waals surface area contributed by atoms with Gasteiger partial charge < -0.3 is 4.74 Å². The van der Waals surface area contributed by atoms with E-state index < -0.39 is 0 Å². The van der Waals surface area contributed by atoms with Crippen LogP contribution >= 0.6 is 11.3 Å². The molecule has 1 heterocycles. The fraction of sp³-hybridized carbons (Fsp3) is 0.105. The SMILES string of the molecule is COc1ccc(/C=N/NC(=O)c2sc(-c3ccccc3)nc2C)cc1. The highest BCUT2D eigenvalue weighted by Gasteiger charge is 2.15. The van der Waals surface area contributed by atoms with E-state index >= 15 is 0 Å². The second kappa shape index (κ2) is 7.72. The van der Waals surface area contributed by atoms with Crippen LogP contribution in [0.4, 0.5) is 0 Å². The average molecular weight is 351 g/mol. The Kier molecular flexibility index (Phi) is 5.20. The maximum absolute atomic E-state index is 12.3. The molecular formula is C19H17N3O2S. The topological polar surface area (TPSA) is 63.6 Å². The number of hydrazone groups is 1. The van der Waals surface area contributed by atoms with E-state index in [-0.39, 0.29) is 5.91 Å². The number of hydrogen-bond acceptors (Lipinski definition) is 5. The monoisotopic (exact) mass is 351 g/mol. The number of methoxy groups -OCH3 is 1. The highest BCUT2D eigenvalue weighted by molar-refractivity contribution is 7.17. The maximum atomic E-state index is 12.3. The van der Waals surface area contributed by atoms with Gasteiger partial charge in [-0.1, -0.05) is 30.3 Å². The molecule has 1 N–H and O–H groups in total. The number of carbonyl (C=O) groups excluding carboxylic acids is 1. The molecule has 0 atom stereocenters. The van der Waals surface area contributed by atoms with Gasteiger partial charge in [0.1, 0.15) is 15.6 Å². The molecule has 126 valence electrons. The molecule has 0 aliphatic heterocycles. The van der Waals surface area contributed by atoms with Gasteiger partial charge >= 0.3 is 0 Å². The Hall–Kier alpha value is -2.99. The summed E-state index contributed by atoms with van der Waals surface area (Å²) in [5.41, 5.74) is 5.11. The van der Waals surface area contributed by atoms with Crippen LogP contribution in [-0.4, -0.2) is 24.2 Å². The largest absolute Gasteiger partial charge is 0.497 e. The first-order chi connectivity index (χ1) is 12.2. The zero-order valence-electron chi connectivity index (χ0n) is 13.9. The van der Waals surface area contributed by atoms with Crippen LogP contribution in [0.1, 0.15) is 20.9 Å². The summed E-state index contributed by atoms with van der Waals surface area (Å²) in [5.74, 6) is 0.511. The third kappa shape index (κ3) is 4.10. The molecule has 0 bridgehead atoms. The Labute approximate surface area is 150 Å². The van der Waals surface area contributed by atoms with Crippen molar-refractivity contribution < 1.29 is 9.53 Å². The average Bonchev–Trinajstić information content (AvgIpc) is 3.05. The fourth-order valence-electron chi connectivity index (χ4n) is 2.22. The number of nitrogens with zero attached hydrogens (tertiary/aromatic N) is 2. The van der Waals surface area contributed by atoms with Crippen molar-refractivity contribution in [3.05, 3.63) is 70.7 Å².